The molecule has 1 N–H and O–H groups in total. The van der Waals surface area contributed by atoms with Gasteiger partial charge in [-0.2, -0.15) is 11.3 Å². The third-order valence-electron chi connectivity index (χ3n) is 3.31. The Bertz CT molecular complexity index is 655. The van der Waals surface area contributed by atoms with E-state index < -0.39 is 0 Å². The van der Waals surface area contributed by atoms with E-state index in [4.69, 9.17) is 0 Å². The van der Waals surface area contributed by atoms with Crippen LogP contribution in [0.25, 0.3) is 11.0 Å². The molecule has 0 aliphatic heterocycles. The second-order valence-electron chi connectivity index (χ2n) is 4.63. The fourth-order valence-corrected chi connectivity index (χ4v) is 3.08. The van der Waals surface area contributed by atoms with Gasteiger partial charge < -0.3 is 9.88 Å². The smallest absolute Gasteiger partial charge is 0.140 e. The van der Waals surface area contributed by atoms with Crippen LogP contribution in [0.3, 0.4) is 0 Å². The lowest BCUT2D eigenvalue weighted by atomic mass is 10.2. The molecule has 0 aromatic carbocycles. The van der Waals surface area contributed by atoms with Gasteiger partial charge in [0.25, 0.3) is 0 Å². The Morgan fingerprint density at radius 1 is 1.37 bits per heavy atom. The lowest BCUT2D eigenvalue weighted by molar-refractivity contribution is 0.710. The third-order valence-corrected chi connectivity index (χ3v) is 4.04. The summed E-state index contributed by atoms with van der Waals surface area (Å²) in [6, 6.07) is 6.35. The first-order valence-electron chi connectivity index (χ1n) is 6.47. The van der Waals surface area contributed by atoms with Gasteiger partial charge in [-0.1, -0.05) is 0 Å². The number of aromatic nitrogens is 2. The number of hydrogen-bond donors (Lipinski definition) is 1. The molecule has 0 atom stereocenters. The minimum Gasteiger partial charge on any atom is -0.332 e. The Hall–Kier alpha value is -1.65. The predicted octanol–water partition coefficient (Wildman–Crippen LogP) is 3.06. The maximum absolute atomic E-state index is 4.52. The van der Waals surface area contributed by atoms with Crippen molar-refractivity contribution in [2.45, 2.75) is 19.5 Å². The molecule has 3 aromatic rings. The molecule has 0 unspecified atom stereocenters. The van der Waals surface area contributed by atoms with Gasteiger partial charge >= 0.3 is 0 Å². The first-order chi connectivity index (χ1) is 9.38. The second kappa shape index (κ2) is 5.55. The number of pyridine rings is 1. The summed E-state index contributed by atoms with van der Waals surface area (Å²) in [6.45, 7) is 1.86. The molecule has 0 aliphatic rings. The number of nitrogens with one attached hydrogen (secondary N) is 1. The zero-order chi connectivity index (χ0) is 13.1. The first-order valence-corrected chi connectivity index (χ1v) is 7.41. The summed E-state index contributed by atoms with van der Waals surface area (Å²) in [4.78, 5) is 4.52. The van der Waals surface area contributed by atoms with Gasteiger partial charge in [-0.25, -0.2) is 4.98 Å². The second-order valence-corrected chi connectivity index (χ2v) is 5.41. The van der Waals surface area contributed by atoms with Crippen molar-refractivity contribution in [2.24, 2.45) is 0 Å². The summed E-state index contributed by atoms with van der Waals surface area (Å²) < 4.78 is 2.26. The summed E-state index contributed by atoms with van der Waals surface area (Å²) in [7, 11) is 1.98. The Morgan fingerprint density at radius 3 is 3.11 bits per heavy atom. The van der Waals surface area contributed by atoms with E-state index in [1.54, 1.807) is 11.3 Å². The van der Waals surface area contributed by atoms with E-state index in [-0.39, 0.29) is 0 Å². The number of nitrogens with zero attached hydrogens (tertiary/aromatic N) is 2. The average molecular weight is 271 g/mol. The van der Waals surface area contributed by atoms with Crippen molar-refractivity contribution in [3.8, 4) is 0 Å². The molecule has 0 bridgehead atoms. The lowest BCUT2D eigenvalue weighted by Gasteiger charge is -2.02. The zero-order valence-electron chi connectivity index (χ0n) is 11.0. The molecule has 0 fully saturated rings. The molecule has 0 saturated heterocycles. The van der Waals surface area contributed by atoms with Crippen LogP contribution in [0.15, 0.2) is 41.4 Å². The van der Waals surface area contributed by atoms with Crippen LogP contribution < -0.4 is 5.32 Å². The Kier molecular flexibility index (Phi) is 3.62. The monoisotopic (exact) mass is 271 g/mol. The van der Waals surface area contributed by atoms with E-state index >= 15 is 0 Å². The summed E-state index contributed by atoms with van der Waals surface area (Å²) in [6.07, 6.45) is 5.15. The van der Waals surface area contributed by atoms with Gasteiger partial charge in [-0.3, -0.25) is 0 Å². The van der Waals surface area contributed by atoms with Gasteiger partial charge in [0.2, 0.25) is 0 Å². The highest BCUT2D eigenvalue weighted by Gasteiger charge is 2.08. The summed E-state index contributed by atoms with van der Waals surface area (Å²) in [5.74, 6) is 0. The van der Waals surface area contributed by atoms with Crippen LogP contribution in [-0.2, 0) is 19.5 Å². The SMILES string of the molecule is CNCc1cn(CCc2ccsc2)c2ncccc12. The van der Waals surface area contributed by atoms with Crippen LogP contribution in [0.1, 0.15) is 11.1 Å². The fraction of sp³-hybridized carbons (Fsp3) is 0.267. The average Bonchev–Trinajstić information content (AvgIpc) is 3.06. The van der Waals surface area contributed by atoms with E-state index in [0.717, 1.165) is 25.2 Å². The van der Waals surface area contributed by atoms with Crippen LogP contribution in [0.5, 0.6) is 0 Å². The molecule has 0 amide bonds. The van der Waals surface area contributed by atoms with Crippen molar-refractivity contribution < 1.29 is 0 Å². The molecular formula is C15H17N3S. The van der Waals surface area contributed by atoms with E-state index in [9.17, 15) is 0 Å². The molecule has 3 nitrogen and oxygen atoms in total. The van der Waals surface area contributed by atoms with Crippen molar-refractivity contribution in [1.82, 2.24) is 14.9 Å². The minimum atomic E-state index is 0.883. The van der Waals surface area contributed by atoms with E-state index in [1.807, 2.05) is 19.3 Å². The molecular weight excluding hydrogens is 254 g/mol. The number of aryl methyl sites for hydroxylation is 2. The highest BCUT2D eigenvalue weighted by Crippen LogP contribution is 2.20. The van der Waals surface area contributed by atoms with Crippen LogP contribution in [0.2, 0.25) is 0 Å². The third kappa shape index (κ3) is 2.55. The van der Waals surface area contributed by atoms with Gasteiger partial charge in [0.15, 0.2) is 0 Å². The van der Waals surface area contributed by atoms with E-state index in [0.29, 0.717) is 0 Å². The van der Waals surface area contributed by atoms with Gasteiger partial charge in [-0.15, -0.1) is 0 Å². The van der Waals surface area contributed by atoms with Crippen LogP contribution in [0.4, 0.5) is 0 Å². The van der Waals surface area contributed by atoms with Crippen molar-refractivity contribution in [3.63, 3.8) is 0 Å². The summed E-state index contributed by atoms with van der Waals surface area (Å²) >= 11 is 1.76. The Balaban J connectivity index is 1.90. The Labute approximate surface area is 116 Å². The van der Waals surface area contributed by atoms with Gasteiger partial charge in [0.1, 0.15) is 5.65 Å². The van der Waals surface area contributed by atoms with Crippen molar-refractivity contribution in [3.05, 3.63) is 52.5 Å². The van der Waals surface area contributed by atoms with Gasteiger partial charge in [0, 0.05) is 30.9 Å². The topological polar surface area (TPSA) is 29.9 Å². The highest BCUT2D eigenvalue weighted by atomic mass is 32.1. The summed E-state index contributed by atoms with van der Waals surface area (Å²) in [5.41, 5.74) is 3.80. The molecule has 0 radical (unpaired) electrons. The number of hydrogen-bond acceptors (Lipinski definition) is 3. The normalized spacial score (nSPS) is 11.2. The van der Waals surface area contributed by atoms with Crippen LogP contribution in [-0.4, -0.2) is 16.6 Å². The number of fused-ring (bicyclic) bond motifs is 1. The minimum absolute atomic E-state index is 0.883. The molecule has 0 spiro atoms. The van der Waals surface area contributed by atoms with Crippen molar-refractivity contribution in [2.75, 3.05) is 7.05 Å². The predicted molar refractivity (Wildman–Crippen MR) is 80.5 cm³/mol. The van der Waals surface area contributed by atoms with Gasteiger partial charge in [0.05, 0.1) is 0 Å². The number of thiophene rings is 1. The first kappa shape index (κ1) is 12.4. The maximum atomic E-state index is 4.52. The number of rotatable bonds is 5. The van der Waals surface area contributed by atoms with E-state index in [2.05, 4.69) is 44.0 Å². The van der Waals surface area contributed by atoms with Crippen molar-refractivity contribution in [1.29, 1.82) is 0 Å². The lowest BCUT2D eigenvalue weighted by Crippen LogP contribution is -2.04. The van der Waals surface area contributed by atoms with Crippen LogP contribution >= 0.6 is 11.3 Å². The summed E-state index contributed by atoms with van der Waals surface area (Å²) in [5, 5.41) is 8.82. The quantitative estimate of drug-likeness (QED) is 0.773. The molecule has 0 saturated carbocycles. The fourth-order valence-electron chi connectivity index (χ4n) is 2.38. The van der Waals surface area contributed by atoms with Crippen LogP contribution in [0, 0.1) is 0 Å². The largest absolute Gasteiger partial charge is 0.332 e. The molecule has 3 aromatic heterocycles. The van der Waals surface area contributed by atoms with Gasteiger partial charge in [-0.05, 0) is 53.6 Å². The molecule has 4 heteroatoms. The molecule has 3 heterocycles. The molecule has 3 rings (SSSR count). The standard InChI is InChI=1S/C15H17N3S/c1-16-9-13-10-18(7-4-12-5-8-19-11-12)15-14(13)3-2-6-17-15/h2-3,5-6,8,10-11,16H,4,7,9H2,1H3. The van der Waals surface area contributed by atoms with E-state index in [1.165, 1.54) is 16.5 Å². The molecule has 19 heavy (non-hydrogen) atoms. The Morgan fingerprint density at radius 2 is 2.32 bits per heavy atom. The van der Waals surface area contributed by atoms with Crippen molar-refractivity contribution >= 4 is 22.4 Å². The maximum Gasteiger partial charge on any atom is 0.140 e. The molecule has 98 valence electrons. The molecule has 0 aliphatic carbocycles. The zero-order valence-corrected chi connectivity index (χ0v) is 11.8. The highest BCUT2D eigenvalue weighted by molar-refractivity contribution is 7.07.